The van der Waals surface area contributed by atoms with Crippen molar-refractivity contribution >= 4 is 8.60 Å². The van der Waals surface area contributed by atoms with Crippen LogP contribution in [0.1, 0.15) is 90.5 Å². The summed E-state index contributed by atoms with van der Waals surface area (Å²) in [4.78, 5) is 0. The van der Waals surface area contributed by atoms with Crippen molar-refractivity contribution in [2.75, 3.05) is 0 Å². The lowest BCUT2D eigenvalue weighted by atomic mass is 9.76. The summed E-state index contributed by atoms with van der Waals surface area (Å²) < 4.78 is 20.1. The summed E-state index contributed by atoms with van der Waals surface area (Å²) in [5.74, 6) is 0.976. The van der Waals surface area contributed by atoms with E-state index in [4.69, 9.17) is 13.6 Å². The third-order valence-corrected chi connectivity index (χ3v) is 9.21. The molecule has 5 rings (SSSR count). The van der Waals surface area contributed by atoms with Crippen molar-refractivity contribution in [1.29, 1.82) is 0 Å². The fourth-order valence-electron chi connectivity index (χ4n) is 6.07. The molecular formula is C34H37O3P. The van der Waals surface area contributed by atoms with E-state index < -0.39 is 8.60 Å². The Bertz CT molecular complexity index is 1380. The van der Waals surface area contributed by atoms with E-state index in [1.807, 2.05) is 0 Å². The molecule has 1 aliphatic heterocycles. The molecule has 1 saturated carbocycles. The minimum Gasteiger partial charge on any atom is -0.417 e. The summed E-state index contributed by atoms with van der Waals surface area (Å²) in [7, 11) is -1.62. The van der Waals surface area contributed by atoms with Gasteiger partial charge in [-0.3, -0.25) is 9.05 Å². The van der Waals surface area contributed by atoms with E-state index in [2.05, 4.69) is 92.4 Å². The zero-order chi connectivity index (χ0) is 26.5. The first-order valence-corrected chi connectivity index (χ1v) is 15.3. The Balaban J connectivity index is 1.54. The highest BCUT2D eigenvalue weighted by molar-refractivity contribution is 7.41. The lowest BCUT2D eigenvalue weighted by molar-refractivity contribution is 0.0776. The van der Waals surface area contributed by atoms with Gasteiger partial charge in [0.2, 0.25) is 0 Å². The molecule has 4 heteroatoms. The monoisotopic (exact) mass is 524 g/mol. The summed E-state index contributed by atoms with van der Waals surface area (Å²) >= 11 is 0. The lowest BCUT2D eigenvalue weighted by Crippen LogP contribution is -2.26. The van der Waals surface area contributed by atoms with Gasteiger partial charge in [-0.2, -0.15) is 0 Å². The summed E-state index contributed by atoms with van der Waals surface area (Å²) in [6, 6.07) is 10.7. The standard InChI is InChI=1S/C34H37O3P/c1-5-15-29-26(7-3)22-23-32-34(29)33(30-20-12-11-16-25(30)6-2)24(4)35-38(37-32)36-31-21-14-13-19-28(31)27-17-9-8-10-18-27/h8-10,17-18,24,28,31,33H,5-7,13-15,19,21H2,1-4H3/t24-,28+,31-,33-,38?/m1/s1. The highest BCUT2D eigenvalue weighted by Crippen LogP contribution is 2.56. The Hall–Kier alpha value is -2.73. The molecule has 5 atom stereocenters. The van der Waals surface area contributed by atoms with Crippen molar-refractivity contribution in [3.05, 3.63) is 104 Å². The Morgan fingerprint density at radius 2 is 1.68 bits per heavy atom. The fraction of sp³-hybridized carbons (Fsp3) is 0.471. The number of benzene rings is 1. The van der Waals surface area contributed by atoms with Crippen LogP contribution < -0.4 is 0 Å². The molecule has 1 saturated heterocycles. The smallest absolute Gasteiger partial charge is 0.398 e. The predicted octanol–water partition coefficient (Wildman–Crippen LogP) is 9.43. The first-order chi connectivity index (χ1) is 18.6. The van der Waals surface area contributed by atoms with E-state index >= 15 is 0 Å². The van der Waals surface area contributed by atoms with E-state index in [9.17, 15) is 0 Å². The molecule has 1 unspecified atom stereocenters. The molecule has 196 valence electrons. The summed E-state index contributed by atoms with van der Waals surface area (Å²) in [6.07, 6.45) is 8.12. The normalized spacial score (nSPS) is 28.2. The van der Waals surface area contributed by atoms with Crippen LogP contribution in [0, 0.1) is 5.92 Å². The van der Waals surface area contributed by atoms with Gasteiger partial charge >= 0.3 is 8.60 Å². The van der Waals surface area contributed by atoms with Gasteiger partial charge in [-0.15, -0.1) is 0 Å². The Labute approximate surface area is 229 Å². The van der Waals surface area contributed by atoms with E-state index in [1.54, 1.807) is 0 Å². The highest BCUT2D eigenvalue weighted by Gasteiger charge is 2.42. The number of hydrogen-bond acceptors (Lipinski definition) is 3. The average molecular weight is 525 g/mol. The molecular weight excluding hydrogens is 487 g/mol. The van der Waals surface area contributed by atoms with Gasteiger partial charge in [0.15, 0.2) is 5.76 Å². The van der Waals surface area contributed by atoms with Crippen molar-refractivity contribution < 1.29 is 13.6 Å². The van der Waals surface area contributed by atoms with Crippen LogP contribution in [-0.4, -0.2) is 12.2 Å². The van der Waals surface area contributed by atoms with Gasteiger partial charge in [0.05, 0.1) is 12.2 Å². The Kier molecular flexibility index (Phi) is 8.78. The molecule has 1 aromatic carbocycles. The zero-order valence-electron chi connectivity index (χ0n) is 23.0. The summed E-state index contributed by atoms with van der Waals surface area (Å²) in [6.45, 7) is 8.69. The summed E-state index contributed by atoms with van der Waals surface area (Å²) in [5.41, 5.74) is 26.6. The van der Waals surface area contributed by atoms with Crippen molar-refractivity contribution in [3.8, 4) is 0 Å². The van der Waals surface area contributed by atoms with E-state index in [0.29, 0.717) is 11.7 Å². The minimum atomic E-state index is -1.62. The Morgan fingerprint density at radius 3 is 2.45 bits per heavy atom. The van der Waals surface area contributed by atoms with Crippen LogP contribution in [0.25, 0.3) is 0 Å². The second-order valence-electron chi connectivity index (χ2n) is 10.3. The molecule has 0 spiro atoms. The molecule has 2 fully saturated rings. The van der Waals surface area contributed by atoms with Gasteiger partial charge in [-0.25, -0.2) is 0 Å². The largest absolute Gasteiger partial charge is 0.417 e. The maximum absolute atomic E-state index is 6.76. The second-order valence-corrected chi connectivity index (χ2v) is 11.4. The molecule has 38 heavy (non-hydrogen) atoms. The molecule has 0 amide bonds. The SMILES string of the molecule is CCCC1=C2C(=C=C=C1CC)OP(O[C@@H]1CCCC[C@H]1c1ccccc1)O[C@H](C)[C@@H]2C1=C=C=C=C=C1CC. The molecule has 0 radical (unpaired) electrons. The molecule has 1 aromatic rings. The molecule has 3 aliphatic carbocycles. The van der Waals surface area contributed by atoms with Crippen molar-refractivity contribution in [3.63, 3.8) is 0 Å². The highest BCUT2D eigenvalue weighted by atomic mass is 31.2. The van der Waals surface area contributed by atoms with Gasteiger partial charge in [0.1, 0.15) is 0 Å². The lowest BCUT2D eigenvalue weighted by Gasteiger charge is -2.33. The van der Waals surface area contributed by atoms with Crippen LogP contribution in [0.3, 0.4) is 0 Å². The summed E-state index contributed by atoms with van der Waals surface area (Å²) in [5, 5.41) is 0. The van der Waals surface area contributed by atoms with E-state index in [0.717, 1.165) is 61.7 Å². The number of rotatable bonds is 8. The maximum atomic E-state index is 6.76. The zero-order valence-corrected chi connectivity index (χ0v) is 23.9. The number of allylic oxidation sites excluding steroid dienone is 4. The van der Waals surface area contributed by atoms with Gasteiger partial charge in [0, 0.05) is 34.1 Å². The van der Waals surface area contributed by atoms with Crippen LogP contribution in [0.5, 0.6) is 0 Å². The van der Waals surface area contributed by atoms with Crippen LogP contribution in [-0.2, 0) is 13.6 Å². The third kappa shape index (κ3) is 5.51. The second kappa shape index (κ2) is 12.4. The first kappa shape index (κ1) is 26.9. The van der Waals surface area contributed by atoms with Gasteiger partial charge in [0.25, 0.3) is 0 Å². The van der Waals surface area contributed by atoms with Crippen LogP contribution >= 0.6 is 8.60 Å². The quantitative estimate of drug-likeness (QED) is 0.250. The molecule has 1 heterocycles. The minimum absolute atomic E-state index is 0.0595. The maximum Gasteiger partial charge on any atom is 0.398 e. The molecule has 0 N–H and O–H groups in total. The first-order valence-electron chi connectivity index (χ1n) is 14.2. The van der Waals surface area contributed by atoms with Crippen LogP contribution in [0.4, 0.5) is 0 Å². The number of fused-ring (bicyclic) bond motifs is 1. The molecule has 0 bridgehead atoms. The average Bonchev–Trinajstić information content (AvgIpc) is 3.09. The van der Waals surface area contributed by atoms with Crippen LogP contribution in [0.15, 0.2) is 98.3 Å². The van der Waals surface area contributed by atoms with Crippen molar-refractivity contribution in [1.82, 2.24) is 0 Å². The topological polar surface area (TPSA) is 27.7 Å². The van der Waals surface area contributed by atoms with Gasteiger partial charge < -0.3 is 4.52 Å². The van der Waals surface area contributed by atoms with Gasteiger partial charge in [-0.05, 0) is 67.4 Å². The molecule has 0 aromatic heterocycles. The van der Waals surface area contributed by atoms with Crippen LogP contribution in [0.2, 0.25) is 0 Å². The Morgan fingerprint density at radius 1 is 0.921 bits per heavy atom. The predicted molar refractivity (Wildman–Crippen MR) is 152 cm³/mol. The third-order valence-electron chi connectivity index (χ3n) is 7.93. The fourth-order valence-corrected chi connectivity index (χ4v) is 7.37. The van der Waals surface area contributed by atoms with E-state index in [-0.39, 0.29) is 18.1 Å². The van der Waals surface area contributed by atoms with Crippen molar-refractivity contribution in [2.45, 2.75) is 97.2 Å². The number of hydrogen-bond donors (Lipinski definition) is 0. The molecule has 3 nitrogen and oxygen atoms in total. The van der Waals surface area contributed by atoms with Crippen molar-refractivity contribution in [2.24, 2.45) is 5.92 Å². The molecule has 4 aliphatic rings. The van der Waals surface area contributed by atoms with Gasteiger partial charge in [-0.1, -0.05) is 87.6 Å². The van der Waals surface area contributed by atoms with E-state index in [1.165, 1.54) is 23.1 Å².